The summed E-state index contributed by atoms with van der Waals surface area (Å²) in [4.78, 5) is 1.35. The fourth-order valence-corrected chi connectivity index (χ4v) is 3.62. The molecule has 1 aliphatic heterocycles. The zero-order valence-electron chi connectivity index (χ0n) is 13.4. The molecule has 0 amide bonds. The maximum atomic E-state index is 6.25. The van der Waals surface area contributed by atoms with E-state index in [0.717, 1.165) is 25.3 Å². The van der Waals surface area contributed by atoms with E-state index in [1.54, 1.807) is 11.9 Å². The molecule has 2 rings (SSSR count). The average Bonchev–Trinajstić information content (AvgIpc) is 2.39. The number of benzene rings is 1. The minimum Gasteiger partial charge on any atom is -0.487 e. The Morgan fingerprint density at radius 2 is 1.85 bits per heavy atom. The van der Waals surface area contributed by atoms with Crippen LogP contribution in [0.1, 0.15) is 42.5 Å². The number of ether oxygens (including phenoxy) is 1. The quantitative estimate of drug-likeness (QED) is 0.506. The second kappa shape index (κ2) is 5.96. The van der Waals surface area contributed by atoms with Gasteiger partial charge in [0.15, 0.2) is 0 Å². The van der Waals surface area contributed by atoms with Gasteiger partial charge in [0.1, 0.15) is 11.4 Å². The first-order valence-corrected chi connectivity index (χ1v) is 8.05. The Hall–Kier alpha value is -0.710. The van der Waals surface area contributed by atoms with Crippen LogP contribution in [0.5, 0.6) is 5.75 Å². The molecule has 4 heteroatoms. The topological polar surface area (TPSA) is 33.3 Å². The van der Waals surface area contributed by atoms with Gasteiger partial charge in [0.05, 0.1) is 6.67 Å². The van der Waals surface area contributed by atoms with Crippen molar-refractivity contribution >= 4 is 11.9 Å². The van der Waals surface area contributed by atoms with E-state index in [1.807, 2.05) is 7.05 Å². The van der Waals surface area contributed by atoms with Gasteiger partial charge in [0.2, 0.25) is 0 Å². The van der Waals surface area contributed by atoms with Gasteiger partial charge in [-0.1, -0.05) is 0 Å². The van der Waals surface area contributed by atoms with E-state index in [9.17, 15) is 0 Å². The normalized spacial score (nSPS) is 16.7. The lowest BCUT2D eigenvalue weighted by Crippen LogP contribution is -2.33. The lowest BCUT2D eigenvalue weighted by molar-refractivity contribution is 0.0832. The molecular weight excluding hydrogens is 268 g/mol. The molecule has 0 saturated carbocycles. The van der Waals surface area contributed by atoms with E-state index in [-0.39, 0.29) is 5.60 Å². The number of fused-ring (bicyclic) bond motifs is 1. The zero-order chi connectivity index (χ0) is 14.9. The van der Waals surface area contributed by atoms with Crippen LogP contribution in [0.3, 0.4) is 0 Å². The lowest BCUT2D eigenvalue weighted by atomic mass is 9.88. The van der Waals surface area contributed by atoms with Crippen molar-refractivity contribution in [1.29, 1.82) is 0 Å². The van der Waals surface area contributed by atoms with Crippen LogP contribution < -0.4 is 14.8 Å². The highest BCUT2D eigenvalue weighted by Crippen LogP contribution is 2.42. The van der Waals surface area contributed by atoms with Crippen molar-refractivity contribution in [3.8, 4) is 5.75 Å². The first-order chi connectivity index (χ1) is 9.37. The predicted octanol–water partition coefficient (Wildman–Crippen LogP) is 3.49. The summed E-state index contributed by atoms with van der Waals surface area (Å²) in [6.07, 6.45) is 2.19. The van der Waals surface area contributed by atoms with Gasteiger partial charge in [-0.3, -0.25) is 0 Å². The molecule has 0 atom stereocenters. The highest BCUT2D eigenvalue weighted by atomic mass is 32.2. The first-order valence-electron chi connectivity index (χ1n) is 7.23. The Bertz CT molecular complexity index is 512. The highest BCUT2D eigenvalue weighted by Gasteiger charge is 2.30. The van der Waals surface area contributed by atoms with Crippen LogP contribution in [0.15, 0.2) is 4.90 Å². The number of hydrogen-bond acceptors (Lipinski definition) is 4. The second-order valence-corrected chi connectivity index (χ2v) is 7.05. The summed E-state index contributed by atoms with van der Waals surface area (Å²) in [6.45, 7) is 11.7. The van der Waals surface area contributed by atoms with Crippen molar-refractivity contribution in [2.24, 2.45) is 0 Å². The SMILES string of the molecule is CNCNSc1c(C)c(C)c2c(c1C)CCC(C)(C)O2. The largest absolute Gasteiger partial charge is 0.487 e. The maximum absolute atomic E-state index is 6.25. The molecule has 0 spiro atoms. The van der Waals surface area contributed by atoms with Crippen molar-refractivity contribution in [2.75, 3.05) is 13.7 Å². The Kier molecular flexibility index (Phi) is 4.67. The van der Waals surface area contributed by atoms with Crippen LogP contribution >= 0.6 is 11.9 Å². The Balaban J connectivity index is 2.41. The van der Waals surface area contributed by atoms with Gasteiger partial charge in [-0.25, -0.2) is 4.72 Å². The number of nitrogens with one attached hydrogen (secondary N) is 2. The molecular formula is C16H26N2OS. The summed E-state index contributed by atoms with van der Waals surface area (Å²) < 4.78 is 9.60. The summed E-state index contributed by atoms with van der Waals surface area (Å²) in [7, 11) is 1.95. The molecule has 0 saturated heterocycles. The smallest absolute Gasteiger partial charge is 0.126 e. The molecule has 0 aliphatic carbocycles. The van der Waals surface area contributed by atoms with E-state index >= 15 is 0 Å². The summed E-state index contributed by atoms with van der Waals surface area (Å²) in [6, 6.07) is 0. The van der Waals surface area contributed by atoms with Crippen LogP contribution in [0, 0.1) is 20.8 Å². The third kappa shape index (κ3) is 2.97. The Morgan fingerprint density at radius 1 is 1.15 bits per heavy atom. The van der Waals surface area contributed by atoms with Gasteiger partial charge in [0.25, 0.3) is 0 Å². The molecule has 0 unspecified atom stereocenters. The van der Waals surface area contributed by atoms with E-state index in [2.05, 4.69) is 44.7 Å². The molecule has 1 aliphatic rings. The third-order valence-electron chi connectivity index (χ3n) is 4.09. The van der Waals surface area contributed by atoms with E-state index in [4.69, 9.17) is 4.74 Å². The fraction of sp³-hybridized carbons (Fsp3) is 0.625. The minimum atomic E-state index is -0.0460. The molecule has 1 aromatic rings. The van der Waals surface area contributed by atoms with Crippen LogP contribution in [-0.2, 0) is 6.42 Å². The molecule has 3 nitrogen and oxygen atoms in total. The second-order valence-electron chi connectivity index (χ2n) is 6.15. The maximum Gasteiger partial charge on any atom is 0.126 e. The third-order valence-corrected chi connectivity index (χ3v) is 5.19. The van der Waals surface area contributed by atoms with Gasteiger partial charge >= 0.3 is 0 Å². The molecule has 2 N–H and O–H groups in total. The summed E-state index contributed by atoms with van der Waals surface area (Å²) in [5.41, 5.74) is 5.32. The zero-order valence-corrected chi connectivity index (χ0v) is 14.3. The number of hydrogen-bond donors (Lipinski definition) is 2. The molecule has 0 aromatic heterocycles. The van der Waals surface area contributed by atoms with Crippen LogP contribution in [0.25, 0.3) is 0 Å². The van der Waals surface area contributed by atoms with Crippen molar-refractivity contribution in [2.45, 2.75) is 58.0 Å². The fourth-order valence-electron chi connectivity index (χ4n) is 2.68. The van der Waals surface area contributed by atoms with Crippen LogP contribution in [-0.4, -0.2) is 19.3 Å². The van der Waals surface area contributed by atoms with Crippen molar-refractivity contribution in [3.63, 3.8) is 0 Å². The van der Waals surface area contributed by atoms with Gasteiger partial charge in [-0.15, -0.1) is 0 Å². The number of rotatable bonds is 4. The van der Waals surface area contributed by atoms with Gasteiger partial charge in [0, 0.05) is 4.90 Å². The summed E-state index contributed by atoms with van der Waals surface area (Å²) in [5.74, 6) is 1.12. The average molecular weight is 294 g/mol. The molecule has 0 fully saturated rings. The van der Waals surface area contributed by atoms with E-state index in [1.165, 1.54) is 27.1 Å². The van der Waals surface area contributed by atoms with Gasteiger partial charge in [-0.05, 0) is 88.7 Å². The highest BCUT2D eigenvalue weighted by molar-refractivity contribution is 7.97. The Labute approximate surface area is 127 Å². The van der Waals surface area contributed by atoms with E-state index in [0.29, 0.717) is 0 Å². The summed E-state index contributed by atoms with van der Waals surface area (Å²) in [5, 5.41) is 3.11. The Morgan fingerprint density at radius 3 is 2.50 bits per heavy atom. The van der Waals surface area contributed by atoms with Gasteiger partial charge < -0.3 is 10.1 Å². The molecule has 112 valence electrons. The van der Waals surface area contributed by atoms with Gasteiger partial charge in [-0.2, -0.15) is 0 Å². The monoisotopic (exact) mass is 294 g/mol. The molecule has 0 bridgehead atoms. The molecule has 1 heterocycles. The van der Waals surface area contributed by atoms with Crippen LogP contribution in [0.4, 0.5) is 0 Å². The molecule has 20 heavy (non-hydrogen) atoms. The predicted molar refractivity (Wildman–Crippen MR) is 86.6 cm³/mol. The van der Waals surface area contributed by atoms with Crippen molar-refractivity contribution < 1.29 is 4.74 Å². The van der Waals surface area contributed by atoms with Crippen molar-refractivity contribution in [3.05, 3.63) is 22.3 Å². The summed E-state index contributed by atoms with van der Waals surface area (Å²) >= 11 is 1.72. The van der Waals surface area contributed by atoms with Crippen molar-refractivity contribution in [1.82, 2.24) is 10.0 Å². The lowest BCUT2D eigenvalue weighted by Gasteiger charge is -2.35. The standard InChI is InChI=1S/C16H26N2OS/c1-10-11(2)15(20-18-9-17-6)12(3)13-7-8-16(4,5)19-14(10)13/h17-18H,7-9H2,1-6H3. The minimum absolute atomic E-state index is 0.0460. The van der Waals surface area contributed by atoms with Crippen LogP contribution in [0.2, 0.25) is 0 Å². The first kappa shape index (κ1) is 15.7. The van der Waals surface area contributed by atoms with E-state index < -0.39 is 0 Å². The molecule has 0 radical (unpaired) electrons. The molecule has 1 aromatic carbocycles.